The Bertz CT molecular complexity index is 1650. The van der Waals surface area contributed by atoms with E-state index in [9.17, 15) is 29.0 Å². The molecule has 1 heterocycles. The molecule has 0 saturated carbocycles. The predicted molar refractivity (Wildman–Crippen MR) is 177 cm³/mol. The first-order valence-corrected chi connectivity index (χ1v) is 16.5. The van der Waals surface area contributed by atoms with Crippen LogP contribution in [-0.2, 0) is 9.84 Å². The number of aliphatic hydroxyl groups excluding tert-OH is 3. The number of para-hydroxylation sites is 1. The summed E-state index contributed by atoms with van der Waals surface area (Å²) in [5.74, 6) is 0.537. The molecule has 13 nitrogen and oxygen atoms in total. The van der Waals surface area contributed by atoms with E-state index in [4.69, 9.17) is 4.74 Å². The van der Waals surface area contributed by atoms with Gasteiger partial charge in [0.15, 0.2) is 15.7 Å². The average molecular weight is 654 g/mol. The summed E-state index contributed by atoms with van der Waals surface area (Å²) in [7, 11) is -2.38. The molecule has 0 radical (unpaired) electrons. The molecule has 0 spiro atoms. The molecule has 3 rings (SSSR count). The first kappa shape index (κ1) is 36.3. The normalized spacial score (nSPS) is 13.8. The first-order chi connectivity index (χ1) is 21.7. The Morgan fingerprint density at radius 3 is 2.22 bits per heavy atom. The van der Waals surface area contributed by atoms with Crippen LogP contribution >= 0.6 is 0 Å². The maximum atomic E-state index is 13.4. The highest BCUT2D eigenvalue weighted by molar-refractivity contribution is 7.91. The van der Waals surface area contributed by atoms with Gasteiger partial charge in [-0.05, 0) is 58.4 Å². The molecule has 0 amide bonds. The van der Waals surface area contributed by atoms with Gasteiger partial charge in [-0.2, -0.15) is 5.26 Å². The number of hydrogen-bond acceptors (Lipinski definition) is 13. The third-order valence-electron chi connectivity index (χ3n) is 6.92. The highest BCUT2D eigenvalue weighted by Crippen LogP contribution is 2.39. The second kappa shape index (κ2) is 16.4. The Morgan fingerprint density at radius 2 is 1.65 bits per heavy atom. The third kappa shape index (κ3) is 9.93. The van der Waals surface area contributed by atoms with Crippen molar-refractivity contribution in [2.45, 2.75) is 57.8 Å². The van der Waals surface area contributed by atoms with Gasteiger partial charge >= 0.3 is 0 Å². The van der Waals surface area contributed by atoms with Crippen LogP contribution in [0, 0.1) is 25.2 Å². The SMILES string of the molecule is COc1cc(S(=O)(=O)CCN(CC(C)O)CC(C)O)c(C)cc1N=Nc1c(Nc2ccccc2)nc(NCC(C)O)c(C#N)c1C. The van der Waals surface area contributed by atoms with Gasteiger partial charge in [0.1, 0.15) is 29.0 Å². The molecule has 14 heteroatoms. The van der Waals surface area contributed by atoms with Gasteiger partial charge in [-0.1, -0.05) is 18.2 Å². The summed E-state index contributed by atoms with van der Waals surface area (Å²) in [5.41, 5.74) is 2.43. The second-order valence-electron chi connectivity index (χ2n) is 11.3. The number of aryl methyl sites for hydroxylation is 1. The number of pyridine rings is 1. The summed E-state index contributed by atoms with van der Waals surface area (Å²) >= 11 is 0. The van der Waals surface area contributed by atoms with Crippen molar-refractivity contribution in [2.75, 3.05) is 49.7 Å². The average Bonchev–Trinajstić information content (AvgIpc) is 2.98. The molecule has 0 fully saturated rings. The quantitative estimate of drug-likeness (QED) is 0.138. The summed E-state index contributed by atoms with van der Waals surface area (Å²) in [6.07, 6.45) is -2.04. The van der Waals surface area contributed by atoms with Crippen LogP contribution in [0.3, 0.4) is 0 Å². The molecule has 5 N–H and O–H groups in total. The fourth-order valence-electron chi connectivity index (χ4n) is 4.77. The summed E-state index contributed by atoms with van der Waals surface area (Å²) in [5, 5.41) is 54.5. The number of nitrogens with zero attached hydrogens (tertiary/aromatic N) is 5. The van der Waals surface area contributed by atoms with Crippen molar-refractivity contribution in [3.8, 4) is 11.8 Å². The van der Waals surface area contributed by atoms with E-state index in [0.29, 0.717) is 16.9 Å². The Morgan fingerprint density at radius 1 is 1.00 bits per heavy atom. The highest BCUT2D eigenvalue weighted by Gasteiger charge is 2.23. The van der Waals surface area contributed by atoms with Crippen LogP contribution in [0.4, 0.5) is 28.7 Å². The van der Waals surface area contributed by atoms with E-state index in [1.807, 2.05) is 30.3 Å². The van der Waals surface area contributed by atoms with Crippen molar-refractivity contribution in [3.63, 3.8) is 0 Å². The number of azo groups is 1. The lowest BCUT2D eigenvalue weighted by molar-refractivity contribution is 0.0873. The molecule has 2 aromatic carbocycles. The van der Waals surface area contributed by atoms with Crippen molar-refractivity contribution in [1.82, 2.24) is 9.88 Å². The molecule has 46 heavy (non-hydrogen) atoms. The molecular weight excluding hydrogens is 610 g/mol. The van der Waals surface area contributed by atoms with Crippen LogP contribution in [0.2, 0.25) is 0 Å². The summed E-state index contributed by atoms with van der Waals surface area (Å²) < 4.78 is 32.4. The van der Waals surface area contributed by atoms with E-state index in [2.05, 4.69) is 31.9 Å². The fraction of sp³-hybridized carbons (Fsp3) is 0.438. The van der Waals surface area contributed by atoms with E-state index < -0.39 is 28.1 Å². The summed E-state index contributed by atoms with van der Waals surface area (Å²) in [6.45, 7) is 8.95. The van der Waals surface area contributed by atoms with Crippen molar-refractivity contribution >= 4 is 38.5 Å². The van der Waals surface area contributed by atoms with Gasteiger partial charge in [0.25, 0.3) is 0 Å². The Hall–Kier alpha value is -4.13. The molecule has 3 atom stereocenters. The molecule has 3 unspecified atom stereocenters. The standard InChI is InChI=1S/C32H43N7O6S/c1-20-14-27(28(45-6)15-29(20)46(43,44)13-12-39(18-22(3)41)19-23(4)42)37-38-30-24(5)26(16-33)31(34-17-21(2)40)36-32(30)35-25-10-8-7-9-11-25/h7-11,14-15,21-23,40-42H,12-13,17-19H2,1-6H3,(H2,34,35,36). The van der Waals surface area contributed by atoms with Crippen LogP contribution in [0.25, 0.3) is 0 Å². The molecule has 0 aliphatic rings. The monoisotopic (exact) mass is 653 g/mol. The summed E-state index contributed by atoms with van der Waals surface area (Å²) in [4.78, 5) is 6.38. The van der Waals surface area contributed by atoms with E-state index in [1.165, 1.54) is 13.2 Å². The Labute approximate surface area is 270 Å². The number of ether oxygens (including phenoxy) is 1. The second-order valence-corrected chi connectivity index (χ2v) is 13.3. The van der Waals surface area contributed by atoms with Gasteiger partial charge in [-0.25, -0.2) is 13.4 Å². The number of sulfone groups is 1. The largest absolute Gasteiger partial charge is 0.494 e. The lowest BCUT2D eigenvalue weighted by Gasteiger charge is -2.25. The van der Waals surface area contributed by atoms with Gasteiger partial charge in [0, 0.05) is 43.5 Å². The zero-order valence-electron chi connectivity index (χ0n) is 27.0. The number of benzene rings is 2. The van der Waals surface area contributed by atoms with Crippen molar-refractivity contribution in [1.29, 1.82) is 5.26 Å². The molecule has 1 aromatic heterocycles. The molecule has 0 bridgehead atoms. The topological polar surface area (TPSA) is 193 Å². The minimum Gasteiger partial charge on any atom is -0.494 e. The van der Waals surface area contributed by atoms with Crippen LogP contribution in [0.15, 0.2) is 57.6 Å². The number of nitriles is 1. The van der Waals surface area contributed by atoms with Gasteiger partial charge in [0.2, 0.25) is 0 Å². The predicted octanol–water partition coefficient (Wildman–Crippen LogP) is 4.37. The van der Waals surface area contributed by atoms with E-state index in [-0.39, 0.29) is 65.3 Å². The number of methoxy groups -OCH3 is 1. The number of aliphatic hydroxyl groups is 3. The fourth-order valence-corrected chi connectivity index (χ4v) is 6.32. The smallest absolute Gasteiger partial charge is 0.180 e. The van der Waals surface area contributed by atoms with Crippen LogP contribution < -0.4 is 15.4 Å². The molecular formula is C32H43N7O6S. The van der Waals surface area contributed by atoms with Crippen LogP contribution in [0.5, 0.6) is 5.75 Å². The van der Waals surface area contributed by atoms with Crippen molar-refractivity contribution in [3.05, 3.63) is 59.2 Å². The number of hydrogen-bond donors (Lipinski definition) is 5. The lowest BCUT2D eigenvalue weighted by Crippen LogP contribution is -2.39. The number of nitrogens with one attached hydrogen (secondary N) is 2. The molecule has 248 valence electrons. The Kier molecular flexibility index (Phi) is 13.0. The van der Waals surface area contributed by atoms with E-state index >= 15 is 0 Å². The van der Waals surface area contributed by atoms with Crippen LogP contribution in [-0.4, -0.2) is 91.0 Å². The van der Waals surface area contributed by atoms with Gasteiger partial charge in [0.05, 0.1) is 41.6 Å². The van der Waals surface area contributed by atoms with Gasteiger partial charge in [-0.3, -0.25) is 4.90 Å². The maximum Gasteiger partial charge on any atom is 0.180 e. The first-order valence-electron chi connectivity index (χ1n) is 14.9. The summed E-state index contributed by atoms with van der Waals surface area (Å²) in [6, 6.07) is 14.4. The van der Waals surface area contributed by atoms with Crippen molar-refractivity contribution < 1.29 is 28.5 Å². The number of anilines is 3. The van der Waals surface area contributed by atoms with Crippen LogP contribution in [0.1, 0.15) is 37.5 Å². The van der Waals surface area contributed by atoms with Crippen molar-refractivity contribution in [2.24, 2.45) is 10.2 Å². The molecule has 0 saturated heterocycles. The lowest BCUT2D eigenvalue weighted by atomic mass is 10.1. The molecule has 3 aromatic rings. The number of aromatic nitrogens is 1. The van der Waals surface area contributed by atoms with Gasteiger partial charge < -0.3 is 30.7 Å². The van der Waals surface area contributed by atoms with E-state index in [1.54, 1.807) is 45.6 Å². The van der Waals surface area contributed by atoms with Gasteiger partial charge in [-0.15, -0.1) is 10.2 Å². The minimum atomic E-state index is -3.79. The zero-order chi connectivity index (χ0) is 34.0. The Balaban J connectivity index is 2.02. The zero-order valence-corrected chi connectivity index (χ0v) is 27.8. The molecule has 0 aliphatic heterocycles. The minimum absolute atomic E-state index is 0.0712. The van der Waals surface area contributed by atoms with E-state index in [0.717, 1.165) is 5.69 Å². The molecule has 0 aliphatic carbocycles. The highest BCUT2D eigenvalue weighted by atomic mass is 32.2. The third-order valence-corrected chi connectivity index (χ3v) is 8.75. The maximum absolute atomic E-state index is 13.4. The number of rotatable bonds is 16.